The number of nitrogens with zero attached hydrogens (tertiary/aromatic N) is 2. The van der Waals surface area contributed by atoms with Crippen LogP contribution in [0.3, 0.4) is 0 Å². The summed E-state index contributed by atoms with van der Waals surface area (Å²) >= 11 is 6.10. The Hall–Kier alpha value is -1.48. The zero-order chi connectivity index (χ0) is 13.1. The van der Waals surface area contributed by atoms with E-state index in [0.717, 1.165) is 22.8 Å². The molecule has 0 fully saturated rings. The summed E-state index contributed by atoms with van der Waals surface area (Å²) in [5.41, 5.74) is 3.30. The fourth-order valence-corrected chi connectivity index (χ4v) is 1.87. The van der Waals surface area contributed by atoms with Gasteiger partial charge in [-0.2, -0.15) is 5.10 Å². The molecule has 1 N–H and O–H groups in total. The summed E-state index contributed by atoms with van der Waals surface area (Å²) in [6.07, 6.45) is 3.86. The molecule has 0 radical (unpaired) electrons. The number of hydrogen-bond donors (Lipinski definition) is 1. The monoisotopic (exact) mass is 263 g/mol. The molecule has 1 aromatic heterocycles. The summed E-state index contributed by atoms with van der Waals surface area (Å²) in [6.45, 7) is 6.98. The Kier molecular flexibility index (Phi) is 3.92. The molecule has 2 aromatic rings. The number of aryl methyl sites for hydroxylation is 1. The van der Waals surface area contributed by atoms with Crippen molar-refractivity contribution in [2.45, 2.75) is 33.4 Å². The van der Waals surface area contributed by atoms with Crippen molar-refractivity contribution >= 4 is 17.3 Å². The minimum atomic E-state index is 0.384. The van der Waals surface area contributed by atoms with Gasteiger partial charge in [0.2, 0.25) is 0 Å². The molecule has 96 valence electrons. The summed E-state index contributed by atoms with van der Waals surface area (Å²) < 4.78 is 1.93. The maximum atomic E-state index is 6.10. The molecule has 0 atom stereocenters. The third kappa shape index (κ3) is 3.05. The predicted molar refractivity (Wildman–Crippen MR) is 76.1 cm³/mol. The zero-order valence-corrected chi connectivity index (χ0v) is 11.7. The second kappa shape index (κ2) is 5.44. The second-order valence-electron chi connectivity index (χ2n) is 4.74. The van der Waals surface area contributed by atoms with E-state index in [1.165, 1.54) is 5.56 Å². The van der Waals surface area contributed by atoms with Crippen LogP contribution in [0.25, 0.3) is 0 Å². The van der Waals surface area contributed by atoms with Crippen LogP contribution >= 0.6 is 11.6 Å². The molecule has 0 unspecified atom stereocenters. The van der Waals surface area contributed by atoms with E-state index in [-0.39, 0.29) is 0 Å². The van der Waals surface area contributed by atoms with Gasteiger partial charge in [-0.3, -0.25) is 4.68 Å². The lowest BCUT2D eigenvalue weighted by Crippen LogP contribution is -2.01. The molecule has 0 amide bonds. The van der Waals surface area contributed by atoms with Crippen LogP contribution in [0.4, 0.5) is 5.69 Å². The Morgan fingerprint density at radius 1 is 1.39 bits per heavy atom. The first-order valence-corrected chi connectivity index (χ1v) is 6.47. The average molecular weight is 264 g/mol. The first-order valence-electron chi connectivity index (χ1n) is 6.09. The summed E-state index contributed by atoms with van der Waals surface area (Å²) in [5.74, 6) is 0. The van der Waals surface area contributed by atoms with Gasteiger partial charge in [0.15, 0.2) is 0 Å². The molecule has 0 saturated carbocycles. The van der Waals surface area contributed by atoms with E-state index in [2.05, 4.69) is 30.3 Å². The molecule has 18 heavy (non-hydrogen) atoms. The van der Waals surface area contributed by atoms with Crippen LogP contribution in [-0.2, 0) is 6.54 Å². The van der Waals surface area contributed by atoms with Crippen molar-refractivity contribution in [1.29, 1.82) is 0 Å². The smallest absolute Gasteiger partial charge is 0.0729 e. The maximum Gasteiger partial charge on any atom is 0.0729 e. The molecular weight excluding hydrogens is 246 g/mol. The van der Waals surface area contributed by atoms with Crippen molar-refractivity contribution in [2.24, 2.45) is 0 Å². The lowest BCUT2D eigenvalue weighted by Gasteiger charge is -2.06. The first kappa shape index (κ1) is 13.0. The number of nitrogens with one attached hydrogen (secondary N) is 1. The Morgan fingerprint density at radius 2 is 2.17 bits per heavy atom. The Bertz CT molecular complexity index is 532. The fourth-order valence-electron chi connectivity index (χ4n) is 1.66. The minimum Gasteiger partial charge on any atom is -0.378 e. The molecule has 1 heterocycles. The van der Waals surface area contributed by atoms with Gasteiger partial charge in [-0.1, -0.05) is 23.7 Å². The van der Waals surface area contributed by atoms with E-state index >= 15 is 0 Å². The van der Waals surface area contributed by atoms with Crippen molar-refractivity contribution in [2.75, 3.05) is 5.32 Å². The number of aromatic nitrogens is 2. The van der Waals surface area contributed by atoms with E-state index in [1.807, 2.05) is 36.1 Å². The van der Waals surface area contributed by atoms with E-state index in [4.69, 9.17) is 11.6 Å². The molecule has 0 spiro atoms. The van der Waals surface area contributed by atoms with Gasteiger partial charge >= 0.3 is 0 Å². The van der Waals surface area contributed by atoms with Gasteiger partial charge in [0, 0.05) is 23.8 Å². The van der Waals surface area contributed by atoms with Crippen LogP contribution in [-0.4, -0.2) is 9.78 Å². The quantitative estimate of drug-likeness (QED) is 0.902. The van der Waals surface area contributed by atoms with E-state index in [0.29, 0.717) is 6.04 Å². The van der Waals surface area contributed by atoms with Gasteiger partial charge in [0.05, 0.1) is 11.9 Å². The Morgan fingerprint density at radius 3 is 2.78 bits per heavy atom. The van der Waals surface area contributed by atoms with Crippen molar-refractivity contribution in [3.8, 4) is 0 Å². The van der Waals surface area contributed by atoms with Gasteiger partial charge in [-0.15, -0.1) is 0 Å². The summed E-state index contributed by atoms with van der Waals surface area (Å²) in [4.78, 5) is 0. The number of benzene rings is 1. The van der Waals surface area contributed by atoms with Crippen LogP contribution in [0, 0.1) is 6.92 Å². The molecule has 0 bridgehead atoms. The highest BCUT2D eigenvalue weighted by atomic mass is 35.5. The summed E-state index contributed by atoms with van der Waals surface area (Å²) in [5, 5.41) is 8.44. The fraction of sp³-hybridized carbons (Fsp3) is 0.357. The average Bonchev–Trinajstić information content (AvgIpc) is 2.79. The number of halogens is 1. The molecule has 0 aliphatic heterocycles. The van der Waals surface area contributed by atoms with Gasteiger partial charge in [0.25, 0.3) is 0 Å². The van der Waals surface area contributed by atoms with E-state index in [1.54, 1.807) is 0 Å². The van der Waals surface area contributed by atoms with Crippen molar-refractivity contribution in [3.63, 3.8) is 0 Å². The highest BCUT2D eigenvalue weighted by Gasteiger charge is 2.02. The second-order valence-corrected chi connectivity index (χ2v) is 5.15. The van der Waals surface area contributed by atoms with Gasteiger partial charge in [-0.05, 0) is 38.0 Å². The highest BCUT2D eigenvalue weighted by molar-refractivity contribution is 6.31. The molecule has 0 aliphatic carbocycles. The molecule has 0 saturated heterocycles. The van der Waals surface area contributed by atoms with E-state index < -0.39 is 0 Å². The lowest BCUT2D eigenvalue weighted by molar-refractivity contribution is 0.532. The normalized spacial score (nSPS) is 10.9. The molecule has 4 heteroatoms. The largest absolute Gasteiger partial charge is 0.378 e. The third-order valence-corrected chi connectivity index (χ3v) is 3.27. The standard InChI is InChI=1S/C14H18ClN3/c1-10(2)18-9-13(8-17-18)16-7-12-5-4-11(3)14(15)6-12/h4-6,8-10,16H,7H2,1-3H3. The zero-order valence-electron chi connectivity index (χ0n) is 10.9. The van der Waals surface area contributed by atoms with E-state index in [9.17, 15) is 0 Å². The van der Waals surface area contributed by atoms with Crippen LogP contribution in [0.15, 0.2) is 30.6 Å². The first-order chi connectivity index (χ1) is 8.56. The van der Waals surface area contributed by atoms with Crippen LogP contribution in [0.2, 0.25) is 5.02 Å². The van der Waals surface area contributed by atoms with Gasteiger partial charge < -0.3 is 5.32 Å². The lowest BCUT2D eigenvalue weighted by atomic mass is 10.1. The topological polar surface area (TPSA) is 29.9 Å². The molecule has 0 aliphatic rings. The van der Waals surface area contributed by atoms with Gasteiger partial charge in [0.1, 0.15) is 0 Å². The summed E-state index contributed by atoms with van der Waals surface area (Å²) in [6, 6.07) is 6.50. The Labute approximate surface area is 113 Å². The van der Waals surface area contributed by atoms with Crippen LogP contribution in [0.5, 0.6) is 0 Å². The number of rotatable bonds is 4. The molecular formula is C14H18ClN3. The molecule has 2 rings (SSSR count). The molecule has 1 aromatic carbocycles. The SMILES string of the molecule is Cc1ccc(CNc2cnn(C(C)C)c2)cc1Cl. The number of hydrogen-bond acceptors (Lipinski definition) is 2. The highest BCUT2D eigenvalue weighted by Crippen LogP contribution is 2.18. The number of anilines is 1. The third-order valence-electron chi connectivity index (χ3n) is 2.86. The van der Waals surface area contributed by atoms with Crippen molar-refractivity contribution in [1.82, 2.24) is 9.78 Å². The summed E-state index contributed by atoms with van der Waals surface area (Å²) in [7, 11) is 0. The van der Waals surface area contributed by atoms with Crippen molar-refractivity contribution in [3.05, 3.63) is 46.7 Å². The van der Waals surface area contributed by atoms with Crippen molar-refractivity contribution < 1.29 is 0 Å². The van der Waals surface area contributed by atoms with Gasteiger partial charge in [-0.25, -0.2) is 0 Å². The Balaban J connectivity index is 2.00. The predicted octanol–water partition coefficient (Wildman–Crippen LogP) is 4.04. The van der Waals surface area contributed by atoms with Crippen LogP contribution < -0.4 is 5.32 Å². The minimum absolute atomic E-state index is 0.384. The molecule has 3 nitrogen and oxygen atoms in total. The maximum absolute atomic E-state index is 6.10. The van der Waals surface area contributed by atoms with Crippen LogP contribution in [0.1, 0.15) is 31.0 Å².